The molecule has 0 spiro atoms. The topological polar surface area (TPSA) is 79.2 Å². The van der Waals surface area contributed by atoms with Crippen molar-refractivity contribution in [1.82, 2.24) is 0 Å². The van der Waals surface area contributed by atoms with Crippen LogP contribution in [0.15, 0.2) is 12.3 Å². The van der Waals surface area contributed by atoms with Crippen molar-refractivity contribution in [3.63, 3.8) is 0 Å². The molecule has 14 heavy (non-hydrogen) atoms. The molecule has 0 radical (unpaired) electrons. The third-order valence-corrected chi connectivity index (χ3v) is 2.68. The van der Waals surface area contributed by atoms with Gasteiger partial charge in [-0.1, -0.05) is 13.5 Å². The molecule has 0 aromatic heterocycles. The Bertz CT molecular complexity index is 229. The Morgan fingerprint density at radius 2 is 2.14 bits per heavy atom. The van der Waals surface area contributed by atoms with Crippen molar-refractivity contribution in [3.05, 3.63) is 12.3 Å². The summed E-state index contributed by atoms with van der Waals surface area (Å²) in [6, 6.07) is 0. The van der Waals surface area contributed by atoms with Gasteiger partial charge in [0.1, 0.15) is 11.9 Å². The fraction of sp³-hybridized carbons (Fsp3) is 0.778. The van der Waals surface area contributed by atoms with Crippen LogP contribution in [0.1, 0.15) is 6.92 Å². The maximum absolute atomic E-state index is 9.60. The molecule has 0 amide bonds. The van der Waals surface area contributed by atoms with E-state index in [0.29, 0.717) is 0 Å². The lowest BCUT2D eigenvalue weighted by Crippen LogP contribution is -2.57. The summed E-state index contributed by atoms with van der Waals surface area (Å²) in [6.07, 6.45) is -1.97. The van der Waals surface area contributed by atoms with E-state index in [1.807, 2.05) is 0 Å². The molecule has 1 rings (SSSR count). The van der Waals surface area contributed by atoms with E-state index < -0.39 is 23.9 Å². The molecular weight excluding hydrogens is 188 g/mol. The van der Waals surface area contributed by atoms with Crippen LogP contribution in [0, 0.1) is 5.92 Å². The van der Waals surface area contributed by atoms with Gasteiger partial charge in [-0.3, -0.25) is 0 Å². The zero-order chi connectivity index (χ0) is 10.9. The predicted molar refractivity (Wildman–Crippen MR) is 48.6 cm³/mol. The third kappa shape index (κ3) is 1.52. The molecule has 1 aliphatic rings. The molecule has 5 heteroatoms. The van der Waals surface area contributed by atoms with Crippen molar-refractivity contribution in [2.24, 2.45) is 5.92 Å². The quantitative estimate of drug-likeness (QED) is 0.542. The third-order valence-electron chi connectivity index (χ3n) is 2.68. The summed E-state index contributed by atoms with van der Waals surface area (Å²) in [6.45, 7) is 4.86. The Morgan fingerprint density at radius 3 is 2.57 bits per heavy atom. The number of hydrogen-bond donors (Lipinski definition) is 3. The van der Waals surface area contributed by atoms with Gasteiger partial charge in [0.15, 0.2) is 0 Å². The normalized spacial score (nSPS) is 43.6. The Hall–Kier alpha value is -0.620. The van der Waals surface area contributed by atoms with Gasteiger partial charge in [-0.25, -0.2) is 0 Å². The van der Waals surface area contributed by atoms with Gasteiger partial charge in [-0.05, 0) is 0 Å². The number of aliphatic hydroxyl groups excluding tert-OH is 3. The SMILES string of the molecule is C=C(O)C1(OC)OCC(O)C(O)[C@H]1C. The summed E-state index contributed by atoms with van der Waals surface area (Å²) >= 11 is 0. The number of ether oxygens (including phenoxy) is 2. The minimum absolute atomic E-state index is 0.0983. The number of hydrogen-bond acceptors (Lipinski definition) is 5. The first kappa shape index (κ1) is 11.5. The number of aliphatic hydroxyl groups is 3. The lowest BCUT2D eigenvalue weighted by molar-refractivity contribution is -0.302. The first-order valence-corrected chi connectivity index (χ1v) is 4.39. The van der Waals surface area contributed by atoms with Gasteiger partial charge < -0.3 is 24.8 Å². The predicted octanol–water partition coefficient (Wildman–Crippen LogP) is -0.211. The molecule has 0 bridgehead atoms. The molecule has 3 N–H and O–H groups in total. The van der Waals surface area contributed by atoms with Gasteiger partial charge in [0, 0.05) is 13.0 Å². The van der Waals surface area contributed by atoms with Crippen LogP contribution in [0.3, 0.4) is 0 Å². The summed E-state index contributed by atoms with van der Waals surface area (Å²) in [5, 5.41) is 28.3. The van der Waals surface area contributed by atoms with Gasteiger partial charge in [-0.2, -0.15) is 0 Å². The fourth-order valence-corrected chi connectivity index (χ4v) is 1.71. The molecule has 1 fully saturated rings. The minimum atomic E-state index is -1.42. The Kier molecular flexibility index (Phi) is 3.16. The molecule has 1 aliphatic heterocycles. The average molecular weight is 204 g/mol. The smallest absolute Gasteiger partial charge is 0.231 e. The van der Waals surface area contributed by atoms with Crippen molar-refractivity contribution >= 4 is 0 Å². The Labute approximate surface area is 82.6 Å². The van der Waals surface area contributed by atoms with E-state index in [1.165, 1.54) is 7.11 Å². The van der Waals surface area contributed by atoms with Crippen LogP contribution < -0.4 is 0 Å². The molecule has 0 saturated carbocycles. The van der Waals surface area contributed by atoms with Crippen LogP contribution in [0.4, 0.5) is 0 Å². The van der Waals surface area contributed by atoms with Gasteiger partial charge >= 0.3 is 0 Å². The van der Waals surface area contributed by atoms with E-state index >= 15 is 0 Å². The van der Waals surface area contributed by atoms with E-state index in [1.54, 1.807) is 6.92 Å². The Morgan fingerprint density at radius 1 is 1.57 bits per heavy atom. The van der Waals surface area contributed by atoms with Crippen LogP contribution in [0.2, 0.25) is 0 Å². The maximum atomic E-state index is 9.60. The van der Waals surface area contributed by atoms with E-state index in [4.69, 9.17) is 9.47 Å². The molecule has 0 aromatic carbocycles. The molecule has 4 atom stereocenters. The molecule has 0 aromatic rings. The Balaban J connectivity index is 2.93. The van der Waals surface area contributed by atoms with E-state index in [-0.39, 0.29) is 12.4 Å². The molecule has 3 unspecified atom stereocenters. The highest BCUT2D eigenvalue weighted by Gasteiger charge is 2.50. The van der Waals surface area contributed by atoms with Crippen molar-refractivity contribution in [2.45, 2.75) is 24.9 Å². The fourth-order valence-electron chi connectivity index (χ4n) is 1.71. The lowest BCUT2D eigenvalue weighted by Gasteiger charge is -2.44. The molecule has 1 saturated heterocycles. The highest BCUT2D eigenvalue weighted by atomic mass is 16.7. The van der Waals surface area contributed by atoms with Crippen LogP contribution in [-0.2, 0) is 9.47 Å². The van der Waals surface area contributed by atoms with Crippen LogP contribution >= 0.6 is 0 Å². The van der Waals surface area contributed by atoms with Gasteiger partial charge in [0.2, 0.25) is 5.79 Å². The van der Waals surface area contributed by atoms with Gasteiger partial charge in [-0.15, -0.1) is 0 Å². The zero-order valence-electron chi connectivity index (χ0n) is 8.30. The monoisotopic (exact) mass is 204 g/mol. The molecule has 82 valence electrons. The molecule has 0 aliphatic carbocycles. The standard InChI is InChI=1S/C9H16O5/c1-5-8(12)7(11)4-14-9(5,13-3)6(2)10/h5,7-8,10-12H,2,4H2,1,3H3/t5-,7?,8?,9?/m1/s1. The maximum Gasteiger partial charge on any atom is 0.231 e. The summed E-state index contributed by atoms with van der Waals surface area (Å²) < 4.78 is 10.2. The lowest BCUT2D eigenvalue weighted by atomic mass is 9.87. The van der Waals surface area contributed by atoms with E-state index in [2.05, 4.69) is 6.58 Å². The minimum Gasteiger partial charge on any atom is -0.507 e. The van der Waals surface area contributed by atoms with Gasteiger partial charge in [0.05, 0.1) is 12.7 Å². The van der Waals surface area contributed by atoms with Crippen LogP contribution in [0.25, 0.3) is 0 Å². The summed E-state index contributed by atoms with van der Waals surface area (Å²) in [4.78, 5) is 0. The second-order valence-electron chi connectivity index (χ2n) is 3.48. The van der Waals surface area contributed by atoms with Crippen molar-refractivity contribution < 1.29 is 24.8 Å². The highest BCUT2D eigenvalue weighted by Crippen LogP contribution is 2.36. The largest absolute Gasteiger partial charge is 0.507 e. The first-order valence-electron chi connectivity index (χ1n) is 4.39. The number of methoxy groups -OCH3 is 1. The zero-order valence-corrected chi connectivity index (χ0v) is 8.30. The van der Waals surface area contributed by atoms with Crippen molar-refractivity contribution in [3.8, 4) is 0 Å². The summed E-state index contributed by atoms with van der Waals surface area (Å²) in [7, 11) is 1.35. The molecular formula is C9H16O5. The first-order chi connectivity index (χ1) is 6.45. The van der Waals surface area contributed by atoms with Gasteiger partial charge in [0.25, 0.3) is 0 Å². The number of rotatable bonds is 2. The van der Waals surface area contributed by atoms with Crippen molar-refractivity contribution in [1.29, 1.82) is 0 Å². The van der Waals surface area contributed by atoms with Crippen molar-refractivity contribution in [2.75, 3.05) is 13.7 Å². The van der Waals surface area contributed by atoms with Crippen LogP contribution in [-0.4, -0.2) is 47.0 Å². The molecule has 5 nitrogen and oxygen atoms in total. The summed E-state index contributed by atoms with van der Waals surface area (Å²) in [5.41, 5.74) is 0. The highest BCUT2D eigenvalue weighted by molar-refractivity contribution is 5.06. The van der Waals surface area contributed by atoms with E-state index in [0.717, 1.165) is 0 Å². The second-order valence-corrected chi connectivity index (χ2v) is 3.48. The summed E-state index contributed by atoms with van der Waals surface area (Å²) in [5.74, 6) is -2.31. The van der Waals surface area contributed by atoms with Crippen LogP contribution in [0.5, 0.6) is 0 Å². The van der Waals surface area contributed by atoms with E-state index in [9.17, 15) is 15.3 Å². The second kappa shape index (κ2) is 3.86. The molecule has 1 heterocycles. The average Bonchev–Trinajstić information content (AvgIpc) is 2.15.